The molecule has 3 rings (SSSR count). The van der Waals surface area contributed by atoms with Crippen molar-refractivity contribution in [3.05, 3.63) is 101 Å². The zero-order valence-electron chi connectivity index (χ0n) is 16.8. The molecule has 0 bridgehead atoms. The fraction of sp³-hybridized carbons (Fsp3) is 0.0800. The Hall–Kier alpha value is -4.37. The number of hydrogen-bond donors (Lipinski definition) is 2. The molecule has 0 spiro atoms. The van der Waals surface area contributed by atoms with Crippen LogP contribution in [0, 0.1) is 18.3 Å². The lowest BCUT2D eigenvalue weighted by atomic mass is 10.1. The third-order valence-electron chi connectivity index (χ3n) is 4.53. The second-order valence-corrected chi connectivity index (χ2v) is 6.80. The maximum absolute atomic E-state index is 12.4. The van der Waals surface area contributed by atoms with Gasteiger partial charge < -0.3 is 15.2 Å². The number of anilines is 1. The van der Waals surface area contributed by atoms with Crippen LogP contribution in [0.2, 0.25) is 0 Å². The Labute approximate surface area is 180 Å². The highest BCUT2D eigenvalue weighted by atomic mass is 16.5. The number of nitrogens with one attached hydrogen (secondary N) is 1. The van der Waals surface area contributed by atoms with Crippen LogP contribution in [0.15, 0.2) is 78.4 Å². The Morgan fingerprint density at radius 2 is 1.81 bits per heavy atom. The number of rotatable bonds is 7. The number of carboxylic acids is 1. The molecule has 2 N–H and O–H groups in total. The molecule has 0 saturated heterocycles. The van der Waals surface area contributed by atoms with Crippen molar-refractivity contribution in [1.29, 1.82) is 5.26 Å². The lowest BCUT2D eigenvalue weighted by Gasteiger charge is -2.08. The number of hydrogen-bond acceptors (Lipinski definition) is 4. The number of carbonyl (C=O) groups is 2. The molecule has 0 aliphatic heterocycles. The Morgan fingerprint density at radius 3 is 2.48 bits per heavy atom. The molecule has 0 heterocycles. The largest absolute Gasteiger partial charge is 0.489 e. The summed E-state index contributed by atoms with van der Waals surface area (Å²) >= 11 is 0. The van der Waals surface area contributed by atoms with Crippen LogP contribution in [0.25, 0.3) is 6.08 Å². The summed E-state index contributed by atoms with van der Waals surface area (Å²) < 4.78 is 5.69. The number of ether oxygens (including phenoxy) is 1. The van der Waals surface area contributed by atoms with Crippen LogP contribution in [-0.4, -0.2) is 17.0 Å². The quantitative estimate of drug-likeness (QED) is 0.428. The van der Waals surface area contributed by atoms with Gasteiger partial charge in [0.1, 0.15) is 24.0 Å². The number of aryl methyl sites for hydroxylation is 1. The number of amides is 1. The van der Waals surface area contributed by atoms with Crippen LogP contribution in [0.1, 0.15) is 27.0 Å². The second-order valence-electron chi connectivity index (χ2n) is 6.80. The molecular formula is C25H20N2O4. The number of benzene rings is 3. The number of nitrogens with zero attached hydrogens (tertiary/aromatic N) is 1. The molecule has 3 aromatic carbocycles. The number of carbonyl (C=O) groups excluding carboxylic acids is 1. The molecule has 0 atom stereocenters. The Bertz CT molecular complexity index is 1170. The van der Waals surface area contributed by atoms with Gasteiger partial charge in [-0.05, 0) is 60.0 Å². The lowest BCUT2D eigenvalue weighted by molar-refractivity contribution is -0.112. The van der Waals surface area contributed by atoms with Crippen molar-refractivity contribution in [3.63, 3.8) is 0 Å². The molecule has 3 aromatic rings. The summed E-state index contributed by atoms with van der Waals surface area (Å²) in [5.41, 5.74) is 3.17. The number of aromatic carboxylic acids is 1. The summed E-state index contributed by atoms with van der Waals surface area (Å²) in [5.74, 6) is -0.881. The fourth-order valence-corrected chi connectivity index (χ4v) is 2.84. The van der Waals surface area contributed by atoms with Gasteiger partial charge in [-0.25, -0.2) is 4.79 Å². The van der Waals surface area contributed by atoms with E-state index >= 15 is 0 Å². The van der Waals surface area contributed by atoms with Crippen molar-refractivity contribution >= 4 is 23.6 Å². The van der Waals surface area contributed by atoms with Crippen LogP contribution in [0.5, 0.6) is 5.75 Å². The number of para-hydroxylation sites is 1. The molecule has 0 aliphatic carbocycles. The van der Waals surface area contributed by atoms with Gasteiger partial charge in [0, 0.05) is 5.69 Å². The molecule has 6 heteroatoms. The maximum Gasteiger partial charge on any atom is 0.335 e. The van der Waals surface area contributed by atoms with E-state index < -0.39 is 11.9 Å². The average Bonchev–Trinajstić information content (AvgIpc) is 2.78. The minimum Gasteiger partial charge on any atom is -0.489 e. The van der Waals surface area contributed by atoms with Gasteiger partial charge in [-0.2, -0.15) is 5.26 Å². The lowest BCUT2D eigenvalue weighted by Crippen LogP contribution is -2.14. The molecule has 0 saturated carbocycles. The van der Waals surface area contributed by atoms with E-state index in [1.54, 1.807) is 48.5 Å². The van der Waals surface area contributed by atoms with Gasteiger partial charge in [0.05, 0.1) is 5.56 Å². The summed E-state index contributed by atoms with van der Waals surface area (Å²) in [6.45, 7) is 2.10. The summed E-state index contributed by atoms with van der Waals surface area (Å²) in [7, 11) is 0. The number of carboxylic acid groups (broad SMARTS) is 1. The van der Waals surface area contributed by atoms with Crippen molar-refractivity contribution < 1.29 is 19.4 Å². The molecular weight excluding hydrogens is 392 g/mol. The Balaban J connectivity index is 1.65. The van der Waals surface area contributed by atoms with Gasteiger partial charge in [-0.1, -0.05) is 42.5 Å². The molecule has 0 aromatic heterocycles. The van der Waals surface area contributed by atoms with E-state index in [2.05, 4.69) is 5.32 Å². The van der Waals surface area contributed by atoms with Gasteiger partial charge in [-0.3, -0.25) is 4.79 Å². The first-order valence-corrected chi connectivity index (χ1v) is 9.50. The molecule has 0 unspecified atom stereocenters. The maximum atomic E-state index is 12.4. The minimum absolute atomic E-state index is 0.0117. The summed E-state index contributed by atoms with van der Waals surface area (Å²) in [6.07, 6.45) is 1.51. The van der Waals surface area contributed by atoms with E-state index in [1.165, 1.54) is 12.1 Å². The van der Waals surface area contributed by atoms with Crippen molar-refractivity contribution in [1.82, 2.24) is 0 Å². The Morgan fingerprint density at radius 1 is 1.06 bits per heavy atom. The fourth-order valence-electron chi connectivity index (χ4n) is 2.84. The van der Waals surface area contributed by atoms with Crippen LogP contribution < -0.4 is 10.1 Å². The van der Waals surface area contributed by atoms with Gasteiger partial charge in [-0.15, -0.1) is 0 Å². The molecule has 0 aliphatic rings. The molecule has 1 amide bonds. The van der Waals surface area contributed by atoms with E-state index in [4.69, 9.17) is 9.84 Å². The zero-order valence-corrected chi connectivity index (χ0v) is 16.8. The minimum atomic E-state index is -0.988. The van der Waals surface area contributed by atoms with Crippen LogP contribution in [0.4, 0.5) is 5.69 Å². The van der Waals surface area contributed by atoms with Crippen LogP contribution in [0.3, 0.4) is 0 Å². The highest BCUT2D eigenvalue weighted by Crippen LogP contribution is 2.18. The zero-order chi connectivity index (χ0) is 22.2. The van der Waals surface area contributed by atoms with Crippen molar-refractivity contribution in [2.24, 2.45) is 0 Å². The van der Waals surface area contributed by atoms with Gasteiger partial charge >= 0.3 is 5.97 Å². The van der Waals surface area contributed by atoms with E-state index in [0.29, 0.717) is 17.0 Å². The average molecular weight is 412 g/mol. The van der Waals surface area contributed by atoms with Crippen LogP contribution >= 0.6 is 0 Å². The van der Waals surface area contributed by atoms with Crippen molar-refractivity contribution in [3.8, 4) is 11.8 Å². The third kappa shape index (κ3) is 5.81. The van der Waals surface area contributed by atoms with E-state index in [-0.39, 0.29) is 17.7 Å². The van der Waals surface area contributed by atoms with Crippen molar-refractivity contribution in [2.75, 3.05) is 5.32 Å². The predicted octanol–water partition coefficient (Wildman–Crippen LogP) is 4.82. The highest BCUT2D eigenvalue weighted by Gasteiger charge is 2.11. The topological polar surface area (TPSA) is 99.4 Å². The smallest absolute Gasteiger partial charge is 0.335 e. The summed E-state index contributed by atoms with van der Waals surface area (Å²) in [5, 5.41) is 21.2. The molecule has 154 valence electrons. The molecule has 31 heavy (non-hydrogen) atoms. The molecule has 0 radical (unpaired) electrons. The number of nitriles is 1. The normalized spacial score (nSPS) is 10.8. The molecule has 0 fully saturated rings. The highest BCUT2D eigenvalue weighted by molar-refractivity contribution is 6.09. The first-order chi connectivity index (χ1) is 15.0. The predicted molar refractivity (Wildman–Crippen MR) is 118 cm³/mol. The van der Waals surface area contributed by atoms with Gasteiger partial charge in [0.2, 0.25) is 0 Å². The first-order valence-electron chi connectivity index (χ1n) is 9.50. The summed E-state index contributed by atoms with van der Waals surface area (Å²) in [6, 6.07) is 22.7. The SMILES string of the molecule is Cc1ccccc1NC(=O)/C(C#N)=C/c1ccc(OCc2cccc(C(=O)O)c2)cc1. The van der Waals surface area contributed by atoms with E-state index in [0.717, 1.165) is 11.1 Å². The molecule has 6 nitrogen and oxygen atoms in total. The summed E-state index contributed by atoms with van der Waals surface area (Å²) in [4.78, 5) is 23.5. The van der Waals surface area contributed by atoms with E-state index in [9.17, 15) is 14.9 Å². The standard InChI is InChI=1S/C25H20N2O4/c1-17-5-2-3-8-23(17)27-24(28)21(15-26)13-18-9-11-22(12-10-18)31-16-19-6-4-7-20(14-19)25(29)30/h2-14H,16H2,1H3,(H,27,28)(H,29,30)/b21-13+. The Kier molecular flexibility index (Phi) is 6.82. The van der Waals surface area contributed by atoms with Crippen molar-refractivity contribution in [2.45, 2.75) is 13.5 Å². The third-order valence-corrected chi connectivity index (χ3v) is 4.53. The van der Waals surface area contributed by atoms with Crippen LogP contribution in [-0.2, 0) is 11.4 Å². The van der Waals surface area contributed by atoms with Gasteiger partial charge in [0.15, 0.2) is 0 Å². The monoisotopic (exact) mass is 412 g/mol. The van der Waals surface area contributed by atoms with Gasteiger partial charge in [0.25, 0.3) is 5.91 Å². The van der Waals surface area contributed by atoms with E-state index in [1.807, 2.05) is 31.2 Å². The second kappa shape index (κ2) is 9.90. The first kappa shape index (κ1) is 21.3.